The van der Waals surface area contributed by atoms with Crippen LogP contribution in [0.1, 0.15) is 49.2 Å². The zero-order chi connectivity index (χ0) is 26.5. The smallest absolute Gasteiger partial charge is 0.319 e. The van der Waals surface area contributed by atoms with Gasteiger partial charge in [0.15, 0.2) is 0 Å². The van der Waals surface area contributed by atoms with Crippen molar-refractivity contribution in [2.75, 3.05) is 0 Å². The SMILES string of the molecule is CC(C)(O)CCC(CC(O)C(Cc1cccc(F)c1)NC(=O)c1cnc2ccccc2[n+]1[O-])C(N)=O. The third-order valence-corrected chi connectivity index (χ3v) is 6.04. The molecule has 1 heterocycles. The second kappa shape index (κ2) is 11.4. The van der Waals surface area contributed by atoms with Crippen LogP contribution in [0, 0.1) is 16.9 Å². The van der Waals surface area contributed by atoms with Crippen LogP contribution in [-0.2, 0) is 11.2 Å². The van der Waals surface area contributed by atoms with E-state index in [1.165, 1.54) is 24.3 Å². The lowest BCUT2D eigenvalue weighted by Gasteiger charge is -2.27. The van der Waals surface area contributed by atoms with Crippen LogP contribution in [0.4, 0.5) is 4.39 Å². The molecule has 0 aliphatic rings. The monoisotopic (exact) mass is 498 g/mol. The number of aromatic nitrogens is 2. The minimum atomic E-state index is -1.26. The number of nitrogens with zero attached hydrogens (tertiary/aromatic N) is 2. The van der Waals surface area contributed by atoms with Gasteiger partial charge < -0.3 is 26.5 Å². The summed E-state index contributed by atoms with van der Waals surface area (Å²) in [6.07, 6.45) is 0.315. The normalized spacial score (nSPS) is 14.2. The van der Waals surface area contributed by atoms with Crippen molar-refractivity contribution in [2.24, 2.45) is 11.7 Å². The average molecular weight is 499 g/mol. The van der Waals surface area contributed by atoms with Gasteiger partial charge in [0.1, 0.15) is 17.5 Å². The van der Waals surface area contributed by atoms with Gasteiger partial charge in [-0.05, 0) is 63.3 Å². The van der Waals surface area contributed by atoms with Crippen molar-refractivity contribution < 1.29 is 28.9 Å². The number of hydrogen-bond acceptors (Lipinski definition) is 6. The first kappa shape index (κ1) is 27.0. The standard InChI is InChI=1S/C26H31FN4O5/c1-26(2,35)11-10-17(24(28)33)14-23(32)20(13-16-6-5-7-18(27)12-16)30-25(34)22-15-29-19-8-3-4-9-21(19)31(22)36/h3-9,12,15,17,20,23,32,35H,10-11,13-14H2,1-2H3,(H2,28,33)(H,30,34). The highest BCUT2D eigenvalue weighted by Crippen LogP contribution is 2.22. The Morgan fingerprint density at radius 3 is 2.61 bits per heavy atom. The van der Waals surface area contributed by atoms with Gasteiger partial charge in [-0.3, -0.25) is 9.59 Å². The van der Waals surface area contributed by atoms with E-state index in [2.05, 4.69) is 10.3 Å². The molecular formula is C26H31FN4O5. The van der Waals surface area contributed by atoms with Gasteiger partial charge in [-0.15, -0.1) is 0 Å². The van der Waals surface area contributed by atoms with Gasteiger partial charge in [-0.2, -0.15) is 4.73 Å². The number of benzene rings is 2. The molecule has 0 radical (unpaired) electrons. The molecule has 9 nitrogen and oxygen atoms in total. The second-order valence-corrected chi connectivity index (χ2v) is 9.59. The minimum absolute atomic E-state index is 0.0293. The summed E-state index contributed by atoms with van der Waals surface area (Å²) in [6, 6.07) is 11.2. The Bertz CT molecular complexity index is 1230. The number of rotatable bonds is 11. The molecule has 0 spiro atoms. The minimum Gasteiger partial charge on any atom is -0.618 e. The van der Waals surface area contributed by atoms with Gasteiger partial charge >= 0.3 is 11.6 Å². The van der Waals surface area contributed by atoms with Crippen LogP contribution < -0.4 is 15.8 Å². The molecule has 3 rings (SSSR count). The van der Waals surface area contributed by atoms with E-state index in [0.29, 0.717) is 15.8 Å². The van der Waals surface area contributed by atoms with E-state index in [-0.39, 0.29) is 36.9 Å². The van der Waals surface area contributed by atoms with E-state index in [9.17, 15) is 29.4 Å². The topological polar surface area (TPSA) is 152 Å². The number of primary amides is 1. The lowest BCUT2D eigenvalue weighted by atomic mass is 9.87. The van der Waals surface area contributed by atoms with E-state index >= 15 is 0 Å². The summed E-state index contributed by atoms with van der Waals surface area (Å²) >= 11 is 0. The number of aliphatic hydroxyl groups excluding tert-OH is 1. The van der Waals surface area contributed by atoms with Crippen LogP contribution in [-0.4, -0.2) is 44.8 Å². The van der Waals surface area contributed by atoms with E-state index < -0.39 is 41.3 Å². The van der Waals surface area contributed by atoms with Crippen molar-refractivity contribution in [1.29, 1.82) is 0 Å². The van der Waals surface area contributed by atoms with Crippen molar-refractivity contribution in [3.63, 3.8) is 0 Å². The molecule has 10 heteroatoms. The summed E-state index contributed by atoms with van der Waals surface area (Å²) in [5.74, 6) is -2.69. The van der Waals surface area contributed by atoms with Crippen LogP contribution in [0.2, 0.25) is 0 Å². The fourth-order valence-electron chi connectivity index (χ4n) is 4.01. The van der Waals surface area contributed by atoms with Crippen molar-refractivity contribution >= 4 is 22.8 Å². The van der Waals surface area contributed by atoms with Gasteiger partial charge in [0.25, 0.3) is 0 Å². The zero-order valence-electron chi connectivity index (χ0n) is 20.2. The second-order valence-electron chi connectivity index (χ2n) is 9.59. The first-order chi connectivity index (χ1) is 16.9. The number of aliphatic hydroxyl groups is 2. The number of hydrogen-bond donors (Lipinski definition) is 4. The summed E-state index contributed by atoms with van der Waals surface area (Å²) in [6.45, 7) is 3.20. The maximum atomic E-state index is 13.8. The van der Waals surface area contributed by atoms with Crippen LogP contribution >= 0.6 is 0 Å². The van der Waals surface area contributed by atoms with Crippen molar-refractivity contribution in [3.05, 3.63) is 77.0 Å². The molecule has 2 amide bonds. The molecule has 192 valence electrons. The summed E-state index contributed by atoms with van der Waals surface area (Å²) < 4.78 is 14.2. The fourth-order valence-corrected chi connectivity index (χ4v) is 4.01. The quantitative estimate of drug-likeness (QED) is 0.233. The largest absolute Gasteiger partial charge is 0.618 e. The van der Waals surface area contributed by atoms with Crippen molar-refractivity contribution in [3.8, 4) is 0 Å². The highest BCUT2D eigenvalue weighted by molar-refractivity contribution is 5.91. The Morgan fingerprint density at radius 1 is 1.22 bits per heavy atom. The molecule has 0 aliphatic carbocycles. The molecule has 0 saturated heterocycles. The van der Waals surface area contributed by atoms with Crippen LogP contribution in [0.15, 0.2) is 54.7 Å². The van der Waals surface area contributed by atoms with Crippen molar-refractivity contribution in [1.82, 2.24) is 10.3 Å². The maximum Gasteiger partial charge on any atom is 0.319 e. The number of para-hydroxylation sites is 2. The summed E-state index contributed by atoms with van der Waals surface area (Å²) in [7, 11) is 0. The molecule has 5 N–H and O–H groups in total. The molecule has 0 saturated carbocycles. The molecule has 0 bridgehead atoms. The Balaban J connectivity index is 1.85. The predicted molar refractivity (Wildman–Crippen MR) is 131 cm³/mol. The predicted octanol–water partition coefficient (Wildman–Crippen LogP) is 1.75. The highest BCUT2D eigenvalue weighted by Gasteiger charge is 2.31. The van der Waals surface area contributed by atoms with Gasteiger partial charge in [0, 0.05) is 12.0 Å². The number of carbonyl (C=O) groups is 2. The number of fused-ring (bicyclic) bond motifs is 1. The van der Waals surface area contributed by atoms with Crippen molar-refractivity contribution in [2.45, 2.75) is 57.3 Å². The van der Waals surface area contributed by atoms with Crippen LogP contribution in [0.5, 0.6) is 0 Å². The lowest BCUT2D eigenvalue weighted by molar-refractivity contribution is -0.580. The van der Waals surface area contributed by atoms with Gasteiger partial charge in [0.2, 0.25) is 11.4 Å². The van der Waals surface area contributed by atoms with Crippen LogP contribution in [0.25, 0.3) is 11.0 Å². The Labute approximate surface area is 208 Å². The van der Waals surface area contributed by atoms with Gasteiger partial charge in [-0.1, -0.05) is 24.3 Å². The molecule has 36 heavy (non-hydrogen) atoms. The van der Waals surface area contributed by atoms with E-state index in [1.54, 1.807) is 38.1 Å². The first-order valence-electron chi connectivity index (χ1n) is 11.7. The molecule has 0 aliphatic heterocycles. The molecule has 3 atom stereocenters. The number of amides is 2. The van der Waals surface area contributed by atoms with E-state index in [1.807, 2.05) is 0 Å². The first-order valence-corrected chi connectivity index (χ1v) is 11.7. The van der Waals surface area contributed by atoms with Gasteiger partial charge in [0.05, 0.1) is 17.7 Å². The van der Waals surface area contributed by atoms with Gasteiger partial charge in [-0.25, -0.2) is 9.37 Å². The molecule has 0 fully saturated rings. The Hall–Kier alpha value is -3.63. The number of nitrogens with two attached hydrogens (primary N) is 1. The Morgan fingerprint density at radius 2 is 1.94 bits per heavy atom. The maximum absolute atomic E-state index is 13.8. The molecule has 3 unspecified atom stereocenters. The third kappa shape index (κ3) is 7.19. The molecule has 1 aromatic heterocycles. The number of nitrogens with one attached hydrogen (secondary N) is 1. The third-order valence-electron chi connectivity index (χ3n) is 6.04. The fraction of sp³-hybridized carbons (Fsp3) is 0.385. The average Bonchev–Trinajstić information content (AvgIpc) is 2.80. The molecule has 2 aromatic carbocycles. The number of carbonyl (C=O) groups excluding carboxylic acids is 2. The summed E-state index contributed by atoms with van der Waals surface area (Å²) in [5, 5.41) is 36.5. The summed E-state index contributed by atoms with van der Waals surface area (Å²) in [4.78, 5) is 29.3. The van der Waals surface area contributed by atoms with Crippen LogP contribution in [0.3, 0.4) is 0 Å². The van der Waals surface area contributed by atoms with E-state index in [4.69, 9.17) is 5.73 Å². The number of halogens is 1. The summed E-state index contributed by atoms with van der Waals surface area (Å²) in [5.41, 5.74) is 5.34. The molecular weight excluding hydrogens is 467 g/mol. The highest BCUT2D eigenvalue weighted by atomic mass is 19.1. The Kier molecular flexibility index (Phi) is 8.54. The zero-order valence-corrected chi connectivity index (χ0v) is 20.2. The lowest BCUT2D eigenvalue weighted by Crippen LogP contribution is -2.49. The van der Waals surface area contributed by atoms with E-state index in [0.717, 1.165) is 6.20 Å². The molecule has 3 aromatic rings.